The molecule has 0 saturated carbocycles. The Balaban J connectivity index is 1.31. The molecule has 130 valence electrons. The first-order valence-electron chi connectivity index (χ1n) is 8.59. The molecule has 0 unspecified atom stereocenters. The van der Waals surface area contributed by atoms with E-state index in [1.807, 2.05) is 18.3 Å². The SMILES string of the molecule is S=C(NCCc1c[nH]c2ccccc12)SCc1nccc2ccccc12. The zero-order chi connectivity index (χ0) is 17.8. The first-order chi connectivity index (χ1) is 12.8. The molecule has 0 radical (unpaired) electrons. The van der Waals surface area contributed by atoms with Gasteiger partial charge in [-0.2, -0.15) is 0 Å². The van der Waals surface area contributed by atoms with E-state index in [0.29, 0.717) is 0 Å². The quantitative estimate of drug-likeness (QED) is 0.477. The van der Waals surface area contributed by atoms with Gasteiger partial charge in [-0.3, -0.25) is 4.98 Å². The third kappa shape index (κ3) is 3.74. The van der Waals surface area contributed by atoms with Crippen molar-refractivity contribution >= 4 is 50.0 Å². The van der Waals surface area contributed by atoms with Gasteiger partial charge in [-0.15, -0.1) is 0 Å². The van der Waals surface area contributed by atoms with Crippen LogP contribution in [0.3, 0.4) is 0 Å². The van der Waals surface area contributed by atoms with Crippen LogP contribution in [0.1, 0.15) is 11.3 Å². The summed E-state index contributed by atoms with van der Waals surface area (Å²) in [4.78, 5) is 7.84. The smallest absolute Gasteiger partial charge is 0.134 e. The number of pyridine rings is 1. The number of para-hydroxylation sites is 1. The van der Waals surface area contributed by atoms with Gasteiger partial charge in [0, 0.05) is 41.0 Å². The molecule has 0 spiro atoms. The number of thiocarbonyl (C=S) groups is 1. The number of nitrogens with zero attached hydrogens (tertiary/aromatic N) is 1. The number of fused-ring (bicyclic) bond motifs is 2. The summed E-state index contributed by atoms with van der Waals surface area (Å²) in [5, 5.41) is 7.06. The number of hydrogen-bond acceptors (Lipinski definition) is 3. The van der Waals surface area contributed by atoms with Crippen molar-refractivity contribution in [3.05, 3.63) is 78.2 Å². The Morgan fingerprint density at radius 3 is 2.77 bits per heavy atom. The zero-order valence-corrected chi connectivity index (χ0v) is 15.9. The molecule has 0 saturated heterocycles. The molecule has 4 aromatic rings. The van der Waals surface area contributed by atoms with Crippen LogP contribution in [0, 0.1) is 0 Å². The molecule has 0 bridgehead atoms. The minimum absolute atomic E-state index is 0.778. The number of aromatic nitrogens is 2. The van der Waals surface area contributed by atoms with E-state index in [1.54, 1.807) is 11.8 Å². The number of H-pyrrole nitrogens is 1. The van der Waals surface area contributed by atoms with Gasteiger partial charge in [0.15, 0.2) is 0 Å². The average Bonchev–Trinajstić information content (AvgIpc) is 3.09. The lowest BCUT2D eigenvalue weighted by Gasteiger charge is -2.08. The van der Waals surface area contributed by atoms with E-state index in [4.69, 9.17) is 12.2 Å². The topological polar surface area (TPSA) is 40.7 Å². The fourth-order valence-corrected chi connectivity index (χ4v) is 4.10. The van der Waals surface area contributed by atoms with Crippen LogP contribution < -0.4 is 5.32 Å². The van der Waals surface area contributed by atoms with E-state index in [-0.39, 0.29) is 0 Å². The summed E-state index contributed by atoms with van der Waals surface area (Å²) < 4.78 is 0.819. The number of nitrogens with one attached hydrogen (secondary N) is 2. The van der Waals surface area contributed by atoms with Crippen LogP contribution in [0.5, 0.6) is 0 Å². The number of thioether (sulfide) groups is 1. The first kappa shape index (κ1) is 17.1. The van der Waals surface area contributed by atoms with E-state index in [9.17, 15) is 0 Å². The van der Waals surface area contributed by atoms with E-state index in [2.05, 4.69) is 63.9 Å². The van der Waals surface area contributed by atoms with Gasteiger partial charge >= 0.3 is 0 Å². The molecule has 4 rings (SSSR count). The molecule has 0 atom stereocenters. The number of benzene rings is 2. The maximum absolute atomic E-state index is 5.48. The van der Waals surface area contributed by atoms with Crippen molar-refractivity contribution in [2.75, 3.05) is 6.54 Å². The summed E-state index contributed by atoms with van der Waals surface area (Å²) in [5.41, 5.74) is 3.58. The van der Waals surface area contributed by atoms with Crippen molar-refractivity contribution in [1.29, 1.82) is 0 Å². The summed E-state index contributed by atoms with van der Waals surface area (Å²) in [6.07, 6.45) is 4.89. The van der Waals surface area contributed by atoms with Gasteiger partial charge in [0.25, 0.3) is 0 Å². The van der Waals surface area contributed by atoms with Gasteiger partial charge in [0.05, 0.1) is 5.69 Å². The maximum atomic E-state index is 5.48. The van der Waals surface area contributed by atoms with Crippen LogP contribution in [0.25, 0.3) is 21.7 Å². The molecule has 0 aliphatic rings. The largest absolute Gasteiger partial charge is 0.371 e. The number of rotatable bonds is 5. The monoisotopic (exact) mass is 377 g/mol. The molecule has 0 fully saturated rings. The molecule has 2 aromatic carbocycles. The van der Waals surface area contributed by atoms with E-state index >= 15 is 0 Å². The van der Waals surface area contributed by atoms with E-state index in [1.165, 1.54) is 27.2 Å². The van der Waals surface area contributed by atoms with Crippen LogP contribution in [0.15, 0.2) is 67.0 Å². The second-order valence-electron chi connectivity index (χ2n) is 6.09. The zero-order valence-electron chi connectivity index (χ0n) is 14.2. The van der Waals surface area contributed by atoms with Gasteiger partial charge in [-0.25, -0.2) is 0 Å². The number of aromatic amines is 1. The molecule has 0 aliphatic heterocycles. The standard InChI is InChI=1S/C21H19N3S2/c25-21(23-12-10-16-13-24-19-8-4-3-7-18(16)19)26-14-20-17-6-2-1-5-15(17)9-11-22-20/h1-9,11,13,24H,10,12,14H2,(H,23,25). The summed E-state index contributed by atoms with van der Waals surface area (Å²) in [6.45, 7) is 0.830. The van der Waals surface area contributed by atoms with Crippen LogP contribution in [-0.2, 0) is 12.2 Å². The summed E-state index contributed by atoms with van der Waals surface area (Å²) in [7, 11) is 0. The molecule has 5 heteroatoms. The van der Waals surface area contributed by atoms with Gasteiger partial charge in [0.1, 0.15) is 4.32 Å². The van der Waals surface area contributed by atoms with Crippen molar-refractivity contribution < 1.29 is 0 Å². The Labute approximate surface area is 162 Å². The highest BCUT2D eigenvalue weighted by molar-refractivity contribution is 8.22. The molecule has 0 aliphatic carbocycles. The normalized spacial score (nSPS) is 11.1. The van der Waals surface area contributed by atoms with E-state index in [0.717, 1.165) is 28.7 Å². The lowest BCUT2D eigenvalue weighted by molar-refractivity contribution is 0.887. The van der Waals surface area contributed by atoms with Crippen molar-refractivity contribution in [1.82, 2.24) is 15.3 Å². The fraction of sp³-hybridized carbons (Fsp3) is 0.143. The Kier molecular flexibility index (Phi) is 5.18. The molecular weight excluding hydrogens is 358 g/mol. The molecule has 26 heavy (non-hydrogen) atoms. The van der Waals surface area contributed by atoms with Crippen LogP contribution in [-0.4, -0.2) is 20.8 Å². The summed E-state index contributed by atoms with van der Waals surface area (Å²) in [6, 6.07) is 18.8. The predicted octanol–water partition coefficient (Wildman–Crippen LogP) is 5.07. The summed E-state index contributed by atoms with van der Waals surface area (Å²) >= 11 is 7.12. The highest BCUT2D eigenvalue weighted by Crippen LogP contribution is 2.21. The lowest BCUT2D eigenvalue weighted by Crippen LogP contribution is -2.21. The molecule has 2 N–H and O–H groups in total. The maximum Gasteiger partial charge on any atom is 0.134 e. The fourth-order valence-electron chi connectivity index (χ4n) is 3.12. The minimum atomic E-state index is 0.778. The van der Waals surface area contributed by atoms with Crippen molar-refractivity contribution in [2.24, 2.45) is 0 Å². The summed E-state index contributed by atoms with van der Waals surface area (Å²) in [5.74, 6) is 0.778. The highest BCUT2D eigenvalue weighted by Gasteiger charge is 2.06. The third-order valence-electron chi connectivity index (χ3n) is 4.43. The predicted molar refractivity (Wildman–Crippen MR) is 116 cm³/mol. The third-order valence-corrected chi connectivity index (χ3v) is 5.76. The highest BCUT2D eigenvalue weighted by atomic mass is 32.2. The lowest BCUT2D eigenvalue weighted by atomic mass is 10.1. The van der Waals surface area contributed by atoms with Crippen LogP contribution in [0.4, 0.5) is 0 Å². The molecule has 2 aromatic heterocycles. The van der Waals surface area contributed by atoms with Crippen molar-refractivity contribution in [3.63, 3.8) is 0 Å². The second-order valence-corrected chi connectivity index (χ2v) is 7.74. The molecular formula is C21H19N3S2. The van der Waals surface area contributed by atoms with Gasteiger partial charge in [0.2, 0.25) is 0 Å². The van der Waals surface area contributed by atoms with Crippen molar-refractivity contribution in [3.8, 4) is 0 Å². The van der Waals surface area contributed by atoms with Gasteiger partial charge < -0.3 is 10.3 Å². The van der Waals surface area contributed by atoms with E-state index < -0.39 is 0 Å². The van der Waals surface area contributed by atoms with Crippen molar-refractivity contribution in [2.45, 2.75) is 12.2 Å². The Hall–Kier alpha value is -2.37. The molecule has 3 nitrogen and oxygen atoms in total. The minimum Gasteiger partial charge on any atom is -0.371 e. The first-order valence-corrected chi connectivity index (χ1v) is 9.99. The average molecular weight is 378 g/mol. The molecule has 2 heterocycles. The molecule has 0 amide bonds. The number of hydrogen-bond donors (Lipinski definition) is 2. The Bertz CT molecular complexity index is 1050. The van der Waals surface area contributed by atoms with Gasteiger partial charge in [-0.1, -0.05) is 66.4 Å². The van der Waals surface area contributed by atoms with Crippen LogP contribution >= 0.6 is 24.0 Å². The van der Waals surface area contributed by atoms with Gasteiger partial charge in [-0.05, 0) is 29.5 Å². The second kappa shape index (κ2) is 7.89. The Morgan fingerprint density at radius 1 is 1.04 bits per heavy atom. The Morgan fingerprint density at radius 2 is 1.85 bits per heavy atom. The van der Waals surface area contributed by atoms with Crippen LogP contribution in [0.2, 0.25) is 0 Å².